The molecule has 2 aliphatic heterocycles. The fourth-order valence-electron chi connectivity index (χ4n) is 3.74. The molecule has 4 heterocycles. The topological polar surface area (TPSA) is 76.1 Å². The number of nitrogen functional groups attached to an aromatic ring is 1. The van der Waals surface area contributed by atoms with Crippen LogP contribution in [0.5, 0.6) is 0 Å². The number of rotatable bonds is 3. The predicted molar refractivity (Wildman–Crippen MR) is 93.7 cm³/mol. The van der Waals surface area contributed by atoms with Gasteiger partial charge in [-0.15, -0.1) is 0 Å². The first-order valence-electron chi connectivity index (χ1n) is 8.72. The van der Waals surface area contributed by atoms with E-state index < -0.39 is 0 Å². The van der Waals surface area contributed by atoms with Gasteiger partial charge in [0.15, 0.2) is 0 Å². The predicted octanol–water partition coefficient (Wildman–Crippen LogP) is 1.26. The summed E-state index contributed by atoms with van der Waals surface area (Å²) in [6, 6.07) is 0. The molecule has 4 rings (SSSR count). The van der Waals surface area contributed by atoms with Gasteiger partial charge in [-0.2, -0.15) is 10.1 Å². The maximum absolute atomic E-state index is 6.23. The molecule has 7 heteroatoms. The molecule has 0 unspecified atom stereocenters. The molecule has 7 nitrogen and oxygen atoms in total. The van der Waals surface area contributed by atoms with Crippen molar-refractivity contribution in [3.63, 3.8) is 0 Å². The minimum absolute atomic E-state index is 0.666. The Kier molecular flexibility index (Phi) is 3.88. The van der Waals surface area contributed by atoms with Gasteiger partial charge in [0.2, 0.25) is 5.95 Å². The van der Waals surface area contributed by atoms with E-state index in [-0.39, 0.29) is 0 Å². The van der Waals surface area contributed by atoms with Crippen molar-refractivity contribution < 1.29 is 0 Å². The fourth-order valence-corrected chi connectivity index (χ4v) is 3.74. The number of hydrogen-bond acceptors (Lipinski definition) is 6. The van der Waals surface area contributed by atoms with Crippen LogP contribution in [0.1, 0.15) is 35.4 Å². The fraction of sp³-hybridized carbons (Fsp3) is 0.588. The maximum atomic E-state index is 6.23. The highest BCUT2D eigenvalue weighted by Crippen LogP contribution is 2.26. The van der Waals surface area contributed by atoms with Gasteiger partial charge in [-0.1, -0.05) is 0 Å². The van der Waals surface area contributed by atoms with Crippen molar-refractivity contribution >= 4 is 11.8 Å². The molecule has 0 aromatic carbocycles. The van der Waals surface area contributed by atoms with Crippen LogP contribution < -0.4 is 10.6 Å². The summed E-state index contributed by atoms with van der Waals surface area (Å²) >= 11 is 0. The van der Waals surface area contributed by atoms with E-state index in [4.69, 9.17) is 10.7 Å². The SMILES string of the molecule is Cc1nn(C)cc1CN1CCc2c(N)nc(N3CCCC3)nc2C1. The van der Waals surface area contributed by atoms with Gasteiger partial charge in [0, 0.05) is 57.1 Å². The van der Waals surface area contributed by atoms with Crippen molar-refractivity contribution in [1.29, 1.82) is 0 Å². The molecule has 0 amide bonds. The van der Waals surface area contributed by atoms with Gasteiger partial charge in [0.25, 0.3) is 0 Å². The molecule has 2 aromatic heterocycles. The Morgan fingerprint density at radius 1 is 1.17 bits per heavy atom. The minimum Gasteiger partial charge on any atom is -0.383 e. The third kappa shape index (κ3) is 2.84. The van der Waals surface area contributed by atoms with Gasteiger partial charge in [0.1, 0.15) is 5.82 Å². The zero-order valence-electron chi connectivity index (χ0n) is 14.5. The quantitative estimate of drug-likeness (QED) is 0.915. The summed E-state index contributed by atoms with van der Waals surface area (Å²) in [6.45, 7) is 6.86. The normalized spacial score (nSPS) is 18.2. The standard InChI is InChI=1S/C17H25N7/c1-12-13(9-22(2)21-12)10-23-8-5-14-15(11-23)19-17(20-16(14)18)24-6-3-4-7-24/h9H,3-8,10-11H2,1-2H3,(H2,18,19,20). The first-order chi connectivity index (χ1) is 11.6. The van der Waals surface area contributed by atoms with Crippen molar-refractivity contribution in [1.82, 2.24) is 24.6 Å². The van der Waals surface area contributed by atoms with Crippen molar-refractivity contribution in [2.24, 2.45) is 7.05 Å². The highest BCUT2D eigenvalue weighted by atomic mass is 15.3. The van der Waals surface area contributed by atoms with Crippen LogP contribution in [0, 0.1) is 6.92 Å². The van der Waals surface area contributed by atoms with E-state index in [0.29, 0.717) is 5.82 Å². The Bertz CT molecular complexity index is 746. The molecule has 24 heavy (non-hydrogen) atoms. The van der Waals surface area contributed by atoms with Crippen LogP contribution in [0.15, 0.2) is 6.20 Å². The molecule has 0 saturated carbocycles. The average molecular weight is 327 g/mol. The van der Waals surface area contributed by atoms with Gasteiger partial charge >= 0.3 is 0 Å². The van der Waals surface area contributed by atoms with Crippen LogP contribution in [0.4, 0.5) is 11.8 Å². The second kappa shape index (κ2) is 6.05. The smallest absolute Gasteiger partial charge is 0.227 e. The van der Waals surface area contributed by atoms with Crippen LogP contribution in [0.2, 0.25) is 0 Å². The number of aromatic nitrogens is 4. The van der Waals surface area contributed by atoms with Crippen LogP contribution in [0.25, 0.3) is 0 Å². The third-order valence-electron chi connectivity index (χ3n) is 5.06. The zero-order chi connectivity index (χ0) is 16.7. The molecule has 0 atom stereocenters. The summed E-state index contributed by atoms with van der Waals surface area (Å²) in [5.74, 6) is 1.47. The number of nitrogens with two attached hydrogens (primary N) is 1. The van der Waals surface area contributed by atoms with Gasteiger partial charge in [-0.3, -0.25) is 9.58 Å². The highest BCUT2D eigenvalue weighted by Gasteiger charge is 2.24. The van der Waals surface area contributed by atoms with Crippen molar-refractivity contribution in [2.45, 2.75) is 39.3 Å². The summed E-state index contributed by atoms with van der Waals surface area (Å²) in [6.07, 6.45) is 5.45. The number of nitrogens with zero attached hydrogens (tertiary/aromatic N) is 6. The summed E-state index contributed by atoms with van der Waals surface area (Å²) in [7, 11) is 1.97. The molecular weight excluding hydrogens is 302 g/mol. The van der Waals surface area contributed by atoms with Crippen LogP contribution in [-0.2, 0) is 26.6 Å². The lowest BCUT2D eigenvalue weighted by Crippen LogP contribution is -2.33. The Labute approximate surface area is 142 Å². The van der Waals surface area contributed by atoms with E-state index in [0.717, 1.165) is 62.0 Å². The molecule has 2 aromatic rings. The monoisotopic (exact) mass is 327 g/mol. The number of anilines is 2. The van der Waals surface area contributed by atoms with Crippen molar-refractivity contribution in [2.75, 3.05) is 30.3 Å². The minimum atomic E-state index is 0.666. The maximum Gasteiger partial charge on any atom is 0.227 e. The molecule has 1 fully saturated rings. The second-order valence-corrected chi connectivity index (χ2v) is 6.90. The number of aryl methyl sites for hydroxylation is 2. The molecule has 2 N–H and O–H groups in total. The van der Waals surface area contributed by atoms with Crippen molar-refractivity contribution in [3.8, 4) is 0 Å². The Balaban J connectivity index is 1.55. The van der Waals surface area contributed by atoms with E-state index in [2.05, 4.69) is 33.0 Å². The third-order valence-corrected chi connectivity index (χ3v) is 5.06. The summed E-state index contributed by atoms with van der Waals surface area (Å²) in [5, 5.41) is 4.44. The van der Waals surface area contributed by atoms with Gasteiger partial charge in [-0.25, -0.2) is 4.98 Å². The second-order valence-electron chi connectivity index (χ2n) is 6.90. The van der Waals surface area contributed by atoms with E-state index in [1.807, 2.05) is 11.7 Å². The summed E-state index contributed by atoms with van der Waals surface area (Å²) in [5.41, 5.74) is 10.8. The molecule has 1 saturated heterocycles. The van der Waals surface area contributed by atoms with Crippen LogP contribution in [-0.4, -0.2) is 44.3 Å². The molecule has 0 aliphatic carbocycles. The van der Waals surface area contributed by atoms with Crippen LogP contribution in [0.3, 0.4) is 0 Å². The molecule has 0 spiro atoms. The first-order valence-corrected chi connectivity index (χ1v) is 8.72. The zero-order valence-corrected chi connectivity index (χ0v) is 14.5. The number of hydrogen-bond donors (Lipinski definition) is 1. The van der Waals surface area contributed by atoms with Crippen molar-refractivity contribution in [3.05, 3.63) is 28.7 Å². The van der Waals surface area contributed by atoms with Gasteiger partial charge in [-0.05, 0) is 26.2 Å². The van der Waals surface area contributed by atoms with Gasteiger partial charge in [0.05, 0.1) is 11.4 Å². The lowest BCUT2D eigenvalue weighted by molar-refractivity contribution is 0.241. The Morgan fingerprint density at radius 3 is 2.67 bits per heavy atom. The van der Waals surface area contributed by atoms with E-state index >= 15 is 0 Å². The Morgan fingerprint density at radius 2 is 1.96 bits per heavy atom. The summed E-state index contributed by atoms with van der Waals surface area (Å²) < 4.78 is 1.88. The lowest BCUT2D eigenvalue weighted by Gasteiger charge is -2.29. The van der Waals surface area contributed by atoms with E-state index in [9.17, 15) is 0 Å². The molecule has 2 aliphatic rings. The molecule has 128 valence electrons. The van der Waals surface area contributed by atoms with Gasteiger partial charge < -0.3 is 10.6 Å². The summed E-state index contributed by atoms with van der Waals surface area (Å²) in [4.78, 5) is 14.1. The first kappa shape index (κ1) is 15.4. The van der Waals surface area contributed by atoms with E-state index in [1.165, 1.54) is 18.4 Å². The molecular formula is C17H25N7. The average Bonchev–Trinajstić information content (AvgIpc) is 3.17. The molecule has 0 radical (unpaired) electrons. The van der Waals surface area contributed by atoms with Crippen LogP contribution >= 0.6 is 0 Å². The number of fused-ring (bicyclic) bond motifs is 1. The van der Waals surface area contributed by atoms with E-state index in [1.54, 1.807) is 0 Å². The lowest BCUT2D eigenvalue weighted by atomic mass is 10.0. The highest BCUT2D eigenvalue weighted by molar-refractivity contribution is 5.49. The molecule has 0 bridgehead atoms. The Hall–Kier alpha value is -2.15. The largest absolute Gasteiger partial charge is 0.383 e.